The molecule has 144 valence electrons. The number of hydrogen-bond acceptors (Lipinski definition) is 4. The molecule has 0 aliphatic carbocycles. The fourth-order valence-electron chi connectivity index (χ4n) is 1.87. The quantitative estimate of drug-likeness (QED) is 0.358. The number of nitrogens with zero attached hydrogens (tertiary/aromatic N) is 2. The smallest absolute Gasteiger partial charge is 0.422 e. The van der Waals surface area contributed by atoms with Crippen molar-refractivity contribution in [1.29, 1.82) is 0 Å². The second-order valence-corrected chi connectivity index (χ2v) is 5.09. The molecule has 1 aromatic heterocycles. The summed E-state index contributed by atoms with van der Waals surface area (Å²) in [6, 6.07) is 8.09. The van der Waals surface area contributed by atoms with Gasteiger partial charge in [0.1, 0.15) is 17.7 Å². The zero-order chi connectivity index (χ0) is 18.1. The van der Waals surface area contributed by atoms with Gasteiger partial charge < -0.3 is 19.9 Å². The van der Waals surface area contributed by atoms with Crippen LogP contribution in [-0.2, 0) is 13.1 Å². The molecular weight excluding hydrogens is 464 g/mol. The average Bonchev–Trinajstić information content (AvgIpc) is 3.09. The SMILES string of the molecule is CCNC(=NCc1ccc(OCC(F)(F)F)cc1)NCc1ccon1.I. The number of halogens is 4. The first-order valence-corrected chi connectivity index (χ1v) is 7.66. The van der Waals surface area contributed by atoms with E-state index in [4.69, 9.17) is 4.52 Å². The molecule has 26 heavy (non-hydrogen) atoms. The van der Waals surface area contributed by atoms with Crippen LogP contribution in [0.2, 0.25) is 0 Å². The van der Waals surface area contributed by atoms with Crippen LogP contribution in [0.1, 0.15) is 18.2 Å². The van der Waals surface area contributed by atoms with Crippen LogP contribution in [0.15, 0.2) is 46.1 Å². The third-order valence-electron chi connectivity index (χ3n) is 3.02. The van der Waals surface area contributed by atoms with E-state index in [-0.39, 0.29) is 29.7 Å². The maximum absolute atomic E-state index is 12.1. The van der Waals surface area contributed by atoms with Crippen LogP contribution in [0, 0.1) is 0 Å². The van der Waals surface area contributed by atoms with Crippen molar-refractivity contribution in [2.75, 3.05) is 13.2 Å². The average molecular weight is 484 g/mol. The standard InChI is InChI=1S/C16H19F3N4O2.HI/c1-2-20-15(22-10-13-7-8-25-23-13)21-9-12-3-5-14(6-4-12)24-11-16(17,18)19;/h3-8H,2,9-11H2,1H3,(H2,20,21,22);1H. The summed E-state index contributed by atoms with van der Waals surface area (Å²) in [5, 5.41) is 10.00. The van der Waals surface area contributed by atoms with E-state index in [1.54, 1.807) is 18.2 Å². The Kier molecular flexibility index (Phi) is 9.24. The molecular formula is C16H20F3IN4O2. The Morgan fingerprint density at radius 3 is 2.50 bits per heavy atom. The molecule has 1 heterocycles. The highest BCUT2D eigenvalue weighted by Crippen LogP contribution is 2.19. The molecule has 0 bridgehead atoms. The molecule has 0 atom stereocenters. The lowest BCUT2D eigenvalue weighted by atomic mass is 10.2. The van der Waals surface area contributed by atoms with Crippen LogP contribution in [0.3, 0.4) is 0 Å². The van der Waals surface area contributed by atoms with Gasteiger partial charge in [0.05, 0.1) is 13.1 Å². The largest absolute Gasteiger partial charge is 0.484 e. The van der Waals surface area contributed by atoms with Gasteiger partial charge in [-0.15, -0.1) is 24.0 Å². The summed E-state index contributed by atoms with van der Waals surface area (Å²) in [5.74, 6) is 0.768. The van der Waals surface area contributed by atoms with Crippen LogP contribution in [0.5, 0.6) is 5.75 Å². The van der Waals surface area contributed by atoms with Crippen LogP contribution < -0.4 is 15.4 Å². The molecule has 0 aliphatic heterocycles. The minimum absolute atomic E-state index is 0. The molecule has 0 saturated heterocycles. The van der Waals surface area contributed by atoms with Crippen LogP contribution in [-0.4, -0.2) is 30.4 Å². The van der Waals surface area contributed by atoms with Crippen molar-refractivity contribution in [1.82, 2.24) is 15.8 Å². The van der Waals surface area contributed by atoms with Crippen molar-refractivity contribution in [3.63, 3.8) is 0 Å². The third kappa shape index (κ3) is 8.41. The topological polar surface area (TPSA) is 71.7 Å². The number of nitrogens with one attached hydrogen (secondary N) is 2. The Balaban J connectivity index is 0.00000338. The number of ether oxygens (including phenoxy) is 1. The first-order valence-electron chi connectivity index (χ1n) is 7.66. The lowest BCUT2D eigenvalue weighted by Gasteiger charge is -2.11. The second-order valence-electron chi connectivity index (χ2n) is 5.09. The predicted octanol–water partition coefficient (Wildman–Crippen LogP) is 3.49. The zero-order valence-corrected chi connectivity index (χ0v) is 16.4. The van der Waals surface area contributed by atoms with Crippen molar-refractivity contribution in [2.45, 2.75) is 26.2 Å². The summed E-state index contributed by atoms with van der Waals surface area (Å²) in [6.07, 6.45) is -2.86. The van der Waals surface area contributed by atoms with E-state index in [2.05, 4.69) is 25.5 Å². The van der Waals surface area contributed by atoms with Crippen LogP contribution >= 0.6 is 24.0 Å². The highest BCUT2D eigenvalue weighted by atomic mass is 127. The molecule has 0 saturated carbocycles. The van der Waals surface area contributed by atoms with Gasteiger partial charge in [-0.2, -0.15) is 13.2 Å². The first-order chi connectivity index (χ1) is 12.0. The summed E-state index contributed by atoms with van der Waals surface area (Å²) in [4.78, 5) is 4.41. The lowest BCUT2D eigenvalue weighted by molar-refractivity contribution is -0.153. The number of aromatic nitrogens is 1. The molecule has 2 N–H and O–H groups in total. The Morgan fingerprint density at radius 1 is 1.19 bits per heavy atom. The summed E-state index contributed by atoms with van der Waals surface area (Å²) in [7, 11) is 0. The van der Waals surface area contributed by atoms with Crippen LogP contribution in [0.25, 0.3) is 0 Å². The van der Waals surface area contributed by atoms with Crippen LogP contribution in [0.4, 0.5) is 13.2 Å². The van der Waals surface area contributed by atoms with E-state index in [1.807, 2.05) is 6.92 Å². The normalized spacial score (nSPS) is 11.6. The van der Waals surface area contributed by atoms with Gasteiger partial charge in [-0.3, -0.25) is 0 Å². The van der Waals surface area contributed by atoms with Gasteiger partial charge in [0.25, 0.3) is 0 Å². The molecule has 6 nitrogen and oxygen atoms in total. The molecule has 0 spiro atoms. The van der Waals surface area contributed by atoms with Gasteiger partial charge >= 0.3 is 6.18 Å². The highest BCUT2D eigenvalue weighted by Gasteiger charge is 2.28. The Hall–Kier alpha value is -1.98. The highest BCUT2D eigenvalue weighted by molar-refractivity contribution is 14.0. The van der Waals surface area contributed by atoms with E-state index in [1.165, 1.54) is 18.4 Å². The monoisotopic (exact) mass is 484 g/mol. The fourth-order valence-corrected chi connectivity index (χ4v) is 1.87. The molecule has 10 heteroatoms. The van der Waals surface area contributed by atoms with E-state index in [0.717, 1.165) is 11.3 Å². The number of benzene rings is 1. The Bertz CT molecular complexity index is 661. The van der Waals surface area contributed by atoms with E-state index >= 15 is 0 Å². The fraction of sp³-hybridized carbons (Fsp3) is 0.375. The van der Waals surface area contributed by atoms with Crippen molar-refractivity contribution in [3.8, 4) is 5.75 Å². The maximum Gasteiger partial charge on any atom is 0.422 e. The lowest BCUT2D eigenvalue weighted by Crippen LogP contribution is -2.36. The van der Waals surface area contributed by atoms with Gasteiger partial charge in [-0.1, -0.05) is 17.3 Å². The van der Waals surface area contributed by atoms with Crippen molar-refractivity contribution >= 4 is 29.9 Å². The molecule has 0 fully saturated rings. The second kappa shape index (κ2) is 10.9. The van der Waals surface area contributed by atoms with Crippen molar-refractivity contribution < 1.29 is 22.4 Å². The number of rotatable bonds is 7. The summed E-state index contributed by atoms with van der Waals surface area (Å²) in [6.45, 7) is 2.16. The summed E-state index contributed by atoms with van der Waals surface area (Å²) < 4.78 is 45.8. The van der Waals surface area contributed by atoms with E-state index in [0.29, 0.717) is 25.6 Å². The predicted molar refractivity (Wildman–Crippen MR) is 102 cm³/mol. The summed E-state index contributed by atoms with van der Waals surface area (Å²) >= 11 is 0. The molecule has 0 unspecified atom stereocenters. The van der Waals surface area contributed by atoms with Crippen molar-refractivity contribution in [3.05, 3.63) is 47.9 Å². The zero-order valence-electron chi connectivity index (χ0n) is 14.0. The minimum Gasteiger partial charge on any atom is -0.484 e. The first kappa shape index (κ1) is 22.1. The van der Waals surface area contributed by atoms with Gasteiger partial charge in [0.2, 0.25) is 0 Å². The van der Waals surface area contributed by atoms with E-state index < -0.39 is 12.8 Å². The molecule has 2 rings (SSSR count). The molecule has 1 aromatic carbocycles. The molecule has 0 radical (unpaired) electrons. The number of alkyl halides is 3. The molecule has 0 amide bonds. The number of guanidine groups is 1. The number of hydrogen-bond donors (Lipinski definition) is 2. The maximum atomic E-state index is 12.1. The molecule has 0 aliphatic rings. The molecule has 2 aromatic rings. The van der Waals surface area contributed by atoms with Gasteiger partial charge in [0.15, 0.2) is 12.6 Å². The number of aliphatic imine (C=N–C) groups is 1. The Morgan fingerprint density at radius 2 is 1.92 bits per heavy atom. The van der Waals surface area contributed by atoms with E-state index in [9.17, 15) is 13.2 Å². The van der Waals surface area contributed by atoms with Gasteiger partial charge in [0, 0.05) is 12.6 Å². The third-order valence-corrected chi connectivity index (χ3v) is 3.02. The minimum atomic E-state index is -4.35. The Labute approximate surface area is 166 Å². The van der Waals surface area contributed by atoms with Gasteiger partial charge in [-0.05, 0) is 24.6 Å². The van der Waals surface area contributed by atoms with Gasteiger partial charge in [-0.25, -0.2) is 4.99 Å². The summed E-state index contributed by atoms with van der Waals surface area (Å²) in [5.41, 5.74) is 1.59. The van der Waals surface area contributed by atoms with Crippen molar-refractivity contribution in [2.24, 2.45) is 4.99 Å².